The third-order valence-corrected chi connectivity index (χ3v) is 3.70. The van der Waals surface area contributed by atoms with Crippen molar-refractivity contribution in [1.82, 2.24) is 10.2 Å². The maximum absolute atomic E-state index is 13.3. The molecule has 1 aliphatic heterocycles. The summed E-state index contributed by atoms with van der Waals surface area (Å²) in [5.74, 6) is -0.858. The monoisotopic (exact) mass is 265 g/mol. The molecule has 0 aromatic heterocycles. The lowest BCUT2D eigenvalue weighted by molar-refractivity contribution is 0.0942. The van der Waals surface area contributed by atoms with E-state index < -0.39 is 5.82 Å². The molecule has 0 bridgehead atoms. The molecule has 1 aromatic carbocycles. The predicted molar refractivity (Wildman–Crippen MR) is 73.4 cm³/mol. The van der Waals surface area contributed by atoms with Crippen LogP contribution in [0.5, 0.6) is 0 Å². The summed E-state index contributed by atoms with van der Waals surface area (Å²) in [6.45, 7) is 4.77. The maximum atomic E-state index is 13.3. The Morgan fingerprint density at radius 1 is 1.58 bits per heavy atom. The van der Waals surface area contributed by atoms with Crippen LogP contribution in [0.25, 0.3) is 0 Å². The van der Waals surface area contributed by atoms with Crippen LogP contribution in [-0.2, 0) is 0 Å². The summed E-state index contributed by atoms with van der Waals surface area (Å²) >= 11 is 0. The Labute approximate surface area is 112 Å². The SMILES string of the molecule is CCN1CCCC1CNC(=O)c1cccc(F)c1N. The molecule has 1 heterocycles. The van der Waals surface area contributed by atoms with Gasteiger partial charge in [-0.2, -0.15) is 0 Å². The number of likely N-dealkylation sites (N-methyl/N-ethyl adjacent to an activating group) is 1. The van der Waals surface area contributed by atoms with Gasteiger partial charge in [0.15, 0.2) is 0 Å². The Kier molecular flexibility index (Phi) is 4.37. The number of carbonyl (C=O) groups excluding carboxylic acids is 1. The van der Waals surface area contributed by atoms with Gasteiger partial charge in [-0.3, -0.25) is 9.69 Å². The fourth-order valence-electron chi connectivity index (χ4n) is 2.58. The number of amides is 1. The highest BCUT2D eigenvalue weighted by Gasteiger charge is 2.23. The quantitative estimate of drug-likeness (QED) is 0.813. The second-order valence-electron chi connectivity index (χ2n) is 4.84. The smallest absolute Gasteiger partial charge is 0.253 e. The van der Waals surface area contributed by atoms with Crippen molar-refractivity contribution in [3.8, 4) is 0 Å². The number of rotatable bonds is 4. The summed E-state index contributed by atoms with van der Waals surface area (Å²) in [5, 5.41) is 2.85. The number of carbonyl (C=O) groups is 1. The van der Waals surface area contributed by atoms with Crippen LogP contribution in [0.1, 0.15) is 30.1 Å². The molecule has 5 heteroatoms. The molecule has 3 N–H and O–H groups in total. The first-order chi connectivity index (χ1) is 9.13. The average Bonchev–Trinajstić information content (AvgIpc) is 2.86. The lowest BCUT2D eigenvalue weighted by atomic mass is 10.1. The molecule has 0 radical (unpaired) electrons. The molecule has 1 fully saturated rings. The van der Waals surface area contributed by atoms with E-state index in [-0.39, 0.29) is 17.2 Å². The maximum Gasteiger partial charge on any atom is 0.253 e. The van der Waals surface area contributed by atoms with E-state index in [1.807, 2.05) is 0 Å². The number of hydrogen-bond acceptors (Lipinski definition) is 3. The minimum atomic E-state index is -0.552. The van der Waals surface area contributed by atoms with Gasteiger partial charge in [-0.15, -0.1) is 0 Å². The van der Waals surface area contributed by atoms with Crippen molar-refractivity contribution in [3.05, 3.63) is 29.6 Å². The molecule has 0 saturated carbocycles. The first-order valence-corrected chi connectivity index (χ1v) is 6.69. The van der Waals surface area contributed by atoms with E-state index in [4.69, 9.17) is 5.73 Å². The van der Waals surface area contributed by atoms with E-state index >= 15 is 0 Å². The highest BCUT2D eigenvalue weighted by Crippen LogP contribution is 2.17. The molecule has 0 aliphatic carbocycles. The highest BCUT2D eigenvalue weighted by molar-refractivity contribution is 5.99. The summed E-state index contributed by atoms with van der Waals surface area (Å²) in [6, 6.07) is 4.67. The predicted octanol–water partition coefficient (Wildman–Crippen LogP) is 1.62. The fraction of sp³-hybridized carbons (Fsp3) is 0.500. The molecule has 1 aromatic rings. The van der Waals surface area contributed by atoms with Crippen LogP contribution in [0.2, 0.25) is 0 Å². The molecular weight excluding hydrogens is 245 g/mol. The molecule has 2 rings (SSSR count). The van der Waals surface area contributed by atoms with Gasteiger partial charge in [0.05, 0.1) is 11.3 Å². The molecule has 1 saturated heterocycles. The standard InChI is InChI=1S/C14H20FN3O/c1-2-18-8-4-5-10(18)9-17-14(19)11-6-3-7-12(15)13(11)16/h3,6-7,10H,2,4-5,8-9,16H2,1H3,(H,17,19). The van der Waals surface area contributed by atoms with Crippen LogP contribution in [0, 0.1) is 5.82 Å². The third kappa shape index (κ3) is 3.04. The van der Waals surface area contributed by atoms with Crippen LogP contribution in [0.15, 0.2) is 18.2 Å². The van der Waals surface area contributed by atoms with Crippen LogP contribution >= 0.6 is 0 Å². The zero-order valence-corrected chi connectivity index (χ0v) is 11.2. The number of benzene rings is 1. The van der Waals surface area contributed by atoms with Crippen LogP contribution in [-0.4, -0.2) is 36.5 Å². The molecule has 4 nitrogen and oxygen atoms in total. The first kappa shape index (κ1) is 13.8. The molecule has 1 atom stereocenters. The lowest BCUT2D eigenvalue weighted by Crippen LogP contribution is -2.40. The van der Waals surface area contributed by atoms with E-state index in [1.165, 1.54) is 12.1 Å². The number of nitrogen functional groups attached to an aromatic ring is 1. The largest absolute Gasteiger partial charge is 0.396 e. The van der Waals surface area contributed by atoms with Crippen molar-refractivity contribution in [2.24, 2.45) is 0 Å². The second kappa shape index (κ2) is 6.02. The third-order valence-electron chi connectivity index (χ3n) is 3.70. The van der Waals surface area contributed by atoms with Crippen molar-refractivity contribution < 1.29 is 9.18 Å². The van der Waals surface area contributed by atoms with Gasteiger partial charge in [-0.05, 0) is 38.1 Å². The molecule has 1 unspecified atom stereocenters. The minimum absolute atomic E-state index is 0.0845. The molecule has 0 spiro atoms. The second-order valence-corrected chi connectivity index (χ2v) is 4.84. The minimum Gasteiger partial charge on any atom is -0.396 e. The van der Waals surface area contributed by atoms with Crippen LogP contribution in [0.4, 0.5) is 10.1 Å². The van der Waals surface area contributed by atoms with E-state index in [0.29, 0.717) is 12.6 Å². The Balaban J connectivity index is 1.96. The van der Waals surface area contributed by atoms with E-state index in [1.54, 1.807) is 6.07 Å². The van der Waals surface area contributed by atoms with Gasteiger partial charge in [0.25, 0.3) is 5.91 Å². The molecule has 19 heavy (non-hydrogen) atoms. The Bertz CT molecular complexity index is 464. The van der Waals surface area contributed by atoms with Gasteiger partial charge in [0.2, 0.25) is 0 Å². The lowest BCUT2D eigenvalue weighted by Gasteiger charge is -2.23. The average molecular weight is 265 g/mol. The fourth-order valence-corrected chi connectivity index (χ4v) is 2.58. The molecule has 104 valence electrons. The topological polar surface area (TPSA) is 58.4 Å². The number of nitrogens with one attached hydrogen (secondary N) is 1. The van der Waals surface area contributed by atoms with E-state index in [2.05, 4.69) is 17.1 Å². The van der Waals surface area contributed by atoms with Gasteiger partial charge in [-0.1, -0.05) is 13.0 Å². The number of halogens is 1. The summed E-state index contributed by atoms with van der Waals surface area (Å²) < 4.78 is 13.3. The first-order valence-electron chi connectivity index (χ1n) is 6.69. The summed E-state index contributed by atoms with van der Waals surface area (Å²) in [6.07, 6.45) is 2.25. The van der Waals surface area contributed by atoms with Crippen molar-refractivity contribution in [2.75, 3.05) is 25.4 Å². The Morgan fingerprint density at radius 2 is 2.37 bits per heavy atom. The summed E-state index contributed by atoms with van der Waals surface area (Å²) in [7, 11) is 0. The highest BCUT2D eigenvalue weighted by atomic mass is 19.1. The Hall–Kier alpha value is -1.62. The van der Waals surface area contributed by atoms with Gasteiger partial charge < -0.3 is 11.1 Å². The van der Waals surface area contributed by atoms with E-state index in [0.717, 1.165) is 25.9 Å². The number of hydrogen-bond donors (Lipinski definition) is 2. The van der Waals surface area contributed by atoms with Gasteiger partial charge in [0.1, 0.15) is 5.82 Å². The molecule has 1 amide bonds. The zero-order chi connectivity index (χ0) is 13.8. The van der Waals surface area contributed by atoms with Gasteiger partial charge in [-0.25, -0.2) is 4.39 Å². The van der Waals surface area contributed by atoms with Crippen molar-refractivity contribution in [2.45, 2.75) is 25.8 Å². The molecular formula is C14H20FN3O. The number of nitrogens with zero attached hydrogens (tertiary/aromatic N) is 1. The van der Waals surface area contributed by atoms with Gasteiger partial charge in [0, 0.05) is 12.6 Å². The van der Waals surface area contributed by atoms with Gasteiger partial charge >= 0.3 is 0 Å². The zero-order valence-electron chi connectivity index (χ0n) is 11.2. The number of anilines is 1. The summed E-state index contributed by atoms with van der Waals surface area (Å²) in [4.78, 5) is 14.3. The van der Waals surface area contributed by atoms with Crippen molar-refractivity contribution in [1.29, 1.82) is 0 Å². The van der Waals surface area contributed by atoms with Crippen molar-refractivity contribution >= 4 is 11.6 Å². The van der Waals surface area contributed by atoms with Crippen molar-refractivity contribution in [3.63, 3.8) is 0 Å². The van der Waals surface area contributed by atoms with Crippen LogP contribution in [0.3, 0.4) is 0 Å². The van der Waals surface area contributed by atoms with E-state index in [9.17, 15) is 9.18 Å². The number of para-hydroxylation sites is 1. The normalized spacial score (nSPS) is 19.6. The molecule has 1 aliphatic rings. The number of nitrogens with two attached hydrogens (primary N) is 1. The van der Waals surface area contributed by atoms with Crippen LogP contribution < -0.4 is 11.1 Å². The number of likely N-dealkylation sites (tertiary alicyclic amines) is 1. The summed E-state index contributed by atoms with van der Waals surface area (Å²) in [5.41, 5.74) is 5.70. The Morgan fingerprint density at radius 3 is 3.11 bits per heavy atom.